The second-order valence-corrected chi connectivity index (χ2v) is 4.09. The Labute approximate surface area is 95.6 Å². The average molecular weight is 364 g/mol. The van der Waals surface area contributed by atoms with Crippen LogP contribution >= 0.6 is 38.5 Å². The van der Waals surface area contributed by atoms with Gasteiger partial charge in [-0.25, -0.2) is 13.8 Å². The van der Waals surface area contributed by atoms with Crippen LogP contribution in [0.1, 0.15) is 17.6 Å². The number of hydrogen-bond acceptors (Lipinski definition) is 2. The fourth-order valence-electron chi connectivity index (χ4n) is 0.812. The SMILES string of the molecule is OCc1c(Br)ncc(C(F)F)c1I. The first-order valence-corrected chi connectivity index (χ1v) is 5.17. The highest BCUT2D eigenvalue weighted by Crippen LogP contribution is 2.29. The van der Waals surface area contributed by atoms with Gasteiger partial charge in [-0.3, -0.25) is 0 Å². The molecule has 0 aliphatic carbocycles. The number of aliphatic hydroxyl groups is 1. The van der Waals surface area contributed by atoms with Crippen molar-refractivity contribution in [2.45, 2.75) is 13.0 Å². The summed E-state index contributed by atoms with van der Waals surface area (Å²) in [4.78, 5) is 3.70. The van der Waals surface area contributed by atoms with Crippen molar-refractivity contribution in [1.82, 2.24) is 4.98 Å². The highest BCUT2D eigenvalue weighted by atomic mass is 127. The summed E-state index contributed by atoms with van der Waals surface area (Å²) in [7, 11) is 0. The highest BCUT2D eigenvalue weighted by molar-refractivity contribution is 14.1. The molecule has 1 aromatic rings. The third-order valence-electron chi connectivity index (χ3n) is 1.48. The molecule has 1 heterocycles. The summed E-state index contributed by atoms with van der Waals surface area (Å²) < 4.78 is 25.4. The predicted octanol–water partition coefficient (Wildman–Crippen LogP) is 2.88. The molecule has 0 aromatic carbocycles. The van der Waals surface area contributed by atoms with Crippen molar-refractivity contribution in [1.29, 1.82) is 0 Å². The molecule has 0 aliphatic heterocycles. The summed E-state index contributed by atoms with van der Waals surface area (Å²) >= 11 is 4.84. The predicted molar refractivity (Wildman–Crippen MR) is 55.5 cm³/mol. The molecule has 13 heavy (non-hydrogen) atoms. The van der Waals surface area contributed by atoms with E-state index in [9.17, 15) is 8.78 Å². The minimum absolute atomic E-state index is 0.146. The lowest BCUT2D eigenvalue weighted by Gasteiger charge is -2.08. The van der Waals surface area contributed by atoms with Crippen molar-refractivity contribution in [3.05, 3.63) is 25.5 Å². The third-order valence-corrected chi connectivity index (χ3v) is 3.43. The fourth-order valence-corrected chi connectivity index (χ4v) is 2.41. The lowest BCUT2D eigenvalue weighted by molar-refractivity contribution is 0.149. The third kappa shape index (κ3) is 2.35. The summed E-state index contributed by atoms with van der Waals surface area (Å²) in [6.45, 7) is -0.299. The maximum Gasteiger partial charge on any atom is 0.266 e. The van der Waals surface area contributed by atoms with E-state index in [2.05, 4.69) is 20.9 Å². The molecule has 0 bridgehead atoms. The van der Waals surface area contributed by atoms with Crippen LogP contribution in [0.4, 0.5) is 8.78 Å². The lowest BCUT2D eigenvalue weighted by atomic mass is 10.2. The second-order valence-electron chi connectivity index (χ2n) is 2.26. The molecule has 0 fully saturated rings. The van der Waals surface area contributed by atoms with Crippen LogP contribution in [0.3, 0.4) is 0 Å². The summed E-state index contributed by atoms with van der Waals surface area (Å²) in [5, 5.41) is 8.89. The van der Waals surface area contributed by atoms with Crippen LogP contribution in [0.5, 0.6) is 0 Å². The largest absolute Gasteiger partial charge is 0.392 e. The molecule has 6 heteroatoms. The van der Waals surface area contributed by atoms with Gasteiger partial charge in [-0.2, -0.15) is 0 Å². The van der Waals surface area contributed by atoms with E-state index in [0.29, 0.717) is 13.7 Å². The second kappa shape index (κ2) is 4.61. The fraction of sp³-hybridized carbons (Fsp3) is 0.286. The molecular formula is C7H5BrF2INO. The van der Waals surface area contributed by atoms with Crippen LogP contribution in [-0.2, 0) is 6.61 Å². The molecule has 0 saturated heterocycles. The Bertz CT molecular complexity index is 322. The summed E-state index contributed by atoms with van der Waals surface area (Å²) in [5.41, 5.74) is 0.256. The van der Waals surface area contributed by atoms with Gasteiger partial charge in [-0.05, 0) is 38.5 Å². The zero-order valence-electron chi connectivity index (χ0n) is 6.27. The quantitative estimate of drug-likeness (QED) is 0.647. The Balaban J connectivity index is 3.27. The van der Waals surface area contributed by atoms with Crippen molar-refractivity contribution in [2.75, 3.05) is 0 Å². The van der Waals surface area contributed by atoms with E-state index < -0.39 is 6.43 Å². The molecule has 72 valence electrons. The molecule has 1 aromatic heterocycles. The maximum absolute atomic E-state index is 12.3. The van der Waals surface area contributed by atoms with Gasteiger partial charge in [-0.1, -0.05) is 0 Å². The Morgan fingerprint density at radius 2 is 2.23 bits per heavy atom. The Morgan fingerprint density at radius 1 is 1.62 bits per heavy atom. The van der Waals surface area contributed by atoms with E-state index in [1.807, 2.05) is 0 Å². The van der Waals surface area contributed by atoms with Gasteiger partial charge >= 0.3 is 0 Å². The van der Waals surface area contributed by atoms with Gasteiger partial charge in [0.05, 0.1) is 6.61 Å². The van der Waals surface area contributed by atoms with Crippen molar-refractivity contribution >= 4 is 38.5 Å². The molecule has 0 atom stereocenters. The van der Waals surface area contributed by atoms with E-state index >= 15 is 0 Å². The number of rotatable bonds is 2. The number of alkyl halides is 2. The lowest BCUT2D eigenvalue weighted by Crippen LogP contribution is -1.99. The maximum atomic E-state index is 12.3. The molecule has 1 rings (SSSR count). The van der Waals surface area contributed by atoms with Crippen LogP contribution < -0.4 is 0 Å². The molecule has 2 nitrogen and oxygen atoms in total. The summed E-state index contributed by atoms with van der Waals surface area (Å²) in [6.07, 6.45) is -1.45. The van der Waals surface area contributed by atoms with E-state index in [-0.39, 0.29) is 12.2 Å². The molecule has 0 spiro atoms. The highest BCUT2D eigenvalue weighted by Gasteiger charge is 2.16. The van der Waals surface area contributed by atoms with Crippen LogP contribution in [0, 0.1) is 3.57 Å². The first kappa shape index (κ1) is 11.3. The van der Waals surface area contributed by atoms with E-state index in [4.69, 9.17) is 5.11 Å². The van der Waals surface area contributed by atoms with Crippen LogP contribution in [0.2, 0.25) is 0 Å². The molecule has 0 aliphatic rings. The normalized spacial score (nSPS) is 10.9. The molecule has 1 N–H and O–H groups in total. The Hall–Kier alpha value is 0.180. The summed E-state index contributed by atoms with van der Waals surface area (Å²) in [6, 6.07) is 0. The smallest absolute Gasteiger partial charge is 0.266 e. The van der Waals surface area contributed by atoms with E-state index in [0.717, 1.165) is 6.20 Å². The van der Waals surface area contributed by atoms with Gasteiger partial charge in [0, 0.05) is 20.9 Å². The van der Waals surface area contributed by atoms with Crippen molar-refractivity contribution in [3.8, 4) is 0 Å². The number of nitrogens with zero attached hydrogens (tertiary/aromatic N) is 1. The number of aromatic nitrogens is 1. The Kier molecular flexibility index (Phi) is 3.99. The zero-order valence-corrected chi connectivity index (χ0v) is 10.0. The number of hydrogen-bond donors (Lipinski definition) is 1. The van der Waals surface area contributed by atoms with Crippen LogP contribution in [-0.4, -0.2) is 10.1 Å². The van der Waals surface area contributed by atoms with Gasteiger partial charge in [0.2, 0.25) is 0 Å². The standard InChI is InChI=1S/C7H5BrF2INO/c8-6-4(2-13)5(11)3(1-12-6)7(9)10/h1,7,13H,2H2. The number of halogens is 4. The average Bonchev–Trinajstić information content (AvgIpc) is 2.04. The van der Waals surface area contributed by atoms with Gasteiger partial charge in [0.15, 0.2) is 0 Å². The van der Waals surface area contributed by atoms with Crippen LogP contribution in [0.25, 0.3) is 0 Å². The van der Waals surface area contributed by atoms with E-state index in [1.165, 1.54) is 0 Å². The van der Waals surface area contributed by atoms with E-state index in [1.54, 1.807) is 22.6 Å². The zero-order chi connectivity index (χ0) is 10.0. The van der Waals surface area contributed by atoms with Gasteiger partial charge in [0.1, 0.15) is 4.60 Å². The Morgan fingerprint density at radius 3 is 2.69 bits per heavy atom. The van der Waals surface area contributed by atoms with Gasteiger partial charge in [0.25, 0.3) is 6.43 Å². The van der Waals surface area contributed by atoms with Crippen molar-refractivity contribution < 1.29 is 13.9 Å². The molecule has 0 amide bonds. The topological polar surface area (TPSA) is 33.1 Å². The molecule has 0 unspecified atom stereocenters. The number of aliphatic hydroxyl groups excluding tert-OH is 1. The minimum Gasteiger partial charge on any atom is -0.392 e. The van der Waals surface area contributed by atoms with Crippen LogP contribution in [0.15, 0.2) is 10.8 Å². The molecule has 0 radical (unpaired) electrons. The molecular weight excluding hydrogens is 359 g/mol. The van der Waals surface area contributed by atoms with Gasteiger partial charge < -0.3 is 5.11 Å². The molecule has 0 saturated carbocycles. The first-order chi connectivity index (χ1) is 6.07. The first-order valence-electron chi connectivity index (χ1n) is 3.29. The van der Waals surface area contributed by atoms with Gasteiger partial charge in [-0.15, -0.1) is 0 Å². The van der Waals surface area contributed by atoms with Crippen molar-refractivity contribution in [3.63, 3.8) is 0 Å². The van der Waals surface area contributed by atoms with Crippen molar-refractivity contribution in [2.24, 2.45) is 0 Å². The minimum atomic E-state index is -2.56. The number of pyridine rings is 1. The summed E-state index contributed by atoms with van der Waals surface area (Å²) in [5.74, 6) is 0. The monoisotopic (exact) mass is 363 g/mol.